The number of benzene rings is 3. The van der Waals surface area contributed by atoms with Gasteiger partial charge in [0.25, 0.3) is 0 Å². The maximum Gasteiger partial charge on any atom is 0.151 e. The van der Waals surface area contributed by atoms with Gasteiger partial charge in [0.15, 0.2) is 5.60 Å². The third kappa shape index (κ3) is 3.07. The number of furan rings is 1. The predicted octanol–water partition coefficient (Wildman–Crippen LogP) is 5.56. The fourth-order valence-electron chi connectivity index (χ4n) is 3.13. The van der Waals surface area contributed by atoms with Crippen LogP contribution >= 0.6 is 11.6 Å². The number of hydrogen-bond donors (Lipinski definition) is 1. The topological polar surface area (TPSA) is 33.4 Å². The van der Waals surface area contributed by atoms with Crippen LogP contribution in [0.1, 0.15) is 16.9 Å². The first-order valence-corrected chi connectivity index (χ1v) is 8.54. The summed E-state index contributed by atoms with van der Waals surface area (Å²) in [5.74, 6) is 0.528. The highest BCUT2D eigenvalue weighted by Gasteiger charge is 2.35. The van der Waals surface area contributed by atoms with Crippen molar-refractivity contribution in [3.05, 3.63) is 107 Å². The van der Waals surface area contributed by atoms with E-state index < -0.39 is 5.60 Å². The van der Waals surface area contributed by atoms with Crippen LogP contribution in [0.25, 0.3) is 11.0 Å². The van der Waals surface area contributed by atoms with E-state index >= 15 is 0 Å². The summed E-state index contributed by atoms with van der Waals surface area (Å²) in [6.45, 7) is 0. The van der Waals surface area contributed by atoms with Crippen molar-refractivity contribution >= 4 is 22.6 Å². The molecule has 0 aliphatic carbocycles. The van der Waals surface area contributed by atoms with Gasteiger partial charge < -0.3 is 9.52 Å². The first-order valence-electron chi connectivity index (χ1n) is 8.16. The molecule has 1 unspecified atom stereocenters. The Morgan fingerprint density at radius 3 is 2.24 bits per heavy atom. The molecule has 3 heteroatoms. The van der Waals surface area contributed by atoms with E-state index in [-0.39, 0.29) is 0 Å². The summed E-state index contributed by atoms with van der Waals surface area (Å²) in [5, 5.41) is 13.3. The number of para-hydroxylation sites is 1. The van der Waals surface area contributed by atoms with Crippen LogP contribution in [-0.4, -0.2) is 5.11 Å². The molecule has 0 aliphatic rings. The van der Waals surface area contributed by atoms with Crippen LogP contribution < -0.4 is 0 Å². The summed E-state index contributed by atoms with van der Waals surface area (Å²) in [5.41, 5.74) is 1.27. The zero-order chi connectivity index (χ0) is 17.3. The fraction of sp³-hybridized carbons (Fsp3) is 0.0909. The highest BCUT2D eigenvalue weighted by molar-refractivity contribution is 6.30. The zero-order valence-electron chi connectivity index (χ0n) is 13.5. The van der Waals surface area contributed by atoms with Crippen molar-refractivity contribution in [3.8, 4) is 0 Å². The van der Waals surface area contributed by atoms with E-state index in [4.69, 9.17) is 16.0 Å². The molecule has 1 atom stereocenters. The van der Waals surface area contributed by atoms with Crippen LogP contribution in [0.4, 0.5) is 0 Å². The van der Waals surface area contributed by atoms with Gasteiger partial charge >= 0.3 is 0 Å². The molecule has 0 radical (unpaired) electrons. The van der Waals surface area contributed by atoms with Gasteiger partial charge in [0.05, 0.1) is 0 Å². The summed E-state index contributed by atoms with van der Waals surface area (Å²) in [6, 6.07) is 26.9. The lowest BCUT2D eigenvalue weighted by Crippen LogP contribution is -2.29. The number of aliphatic hydroxyl groups is 1. The molecule has 0 spiro atoms. The molecule has 0 fully saturated rings. The Kier molecular flexibility index (Phi) is 4.08. The first-order chi connectivity index (χ1) is 12.1. The minimum Gasteiger partial charge on any atom is -0.458 e. The van der Waals surface area contributed by atoms with Crippen molar-refractivity contribution < 1.29 is 9.52 Å². The molecule has 124 valence electrons. The van der Waals surface area contributed by atoms with Crippen LogP contribution in [0.2, 0.25) is 5.02 Å². The molecule has 0 aliphatic heterocycles. The average Bonchev–Trinajstić information content (AvgIpc) is 3.08. The molecule has 1 heterocycles. The van der Waals surface area contributed by atoms with Crippen LogP contribution in [0, 0.1) is 0 Å². The van der Waals surface area contributed by atoms with Gasteiger partial charge in [-0.1, -0.05) is 72.3 Å². The van der Waals surface area contributed by atoms with Crippen LogP contribution in [-0.2, 0) is 12.0 Å². The summed E-state index contributed by atoms with van der Waals surface area (Å²) in [7, 11) is 0. The van der Waals surface area contributed by atoms with Crippen molar-refractivity contribution in [2.45, 2.75) is 12.0 Å². The Hall–Kier alpha value is -2.55. The number of rotatable bonds is 4. The molecule has 1 aromatic heterocycles. The minimum absolute atomic E-state index is 0.412. The smallest absolute Gasteiger partial charge is 0.151 e. The maximum atomic E-state index is 11.7. The van der Waals surface area contributed by atoms with Gasteiger partial charge in [-0.25, -0.2) is 0 Å². The number of hydrogen-bond acceptors (Lipinski definition) is 2. The van der Waals surface area contributed by atoms with E-state index in [1.165, 1.54) is 0 Å². The highest BCUT2D eigenvalue weighted by Crippen LogP contribution is 2.37. The van der Waals surface area contributed by atoms with Crippen molar-refractivity contribution in [1.82, 2.24) is 0 Å². The summed E-state index contributed by atoms with van der Waals surface area (Å²) in [6.07, 6.45) is 0.412. The van der Waals surface area contributed by atoms with Gasteiger partial charge in [-0.2, -0.15) is 0 Å². The van der Waals surface area contributed by atoms with Gasteiger partial charge in [-0.15, -0.1) is 0 Å². The molecule has 0 amide bonds. The van der Waals surface area contributed by atoms with Crippen molar-refractivity contribution in [2.24, 2.45) is 0 Å². The second-order valence-corrected chi connectivity index (χ2v) is 6.61. The van der Waals surface area contributed by atoms with Crippen molar-refractivity contribution in [1.29, 1.82) is 0 Å². The third-order valence-corrected chi connectivity index (χ3v) is 4.71. The lowest BCUT2D eigenvalue weighted by molar-refractivity contribution is 0.0587. The second-order valence-electron chi connectivity index (χ2n) is 6.18. The Bertz CT molecular complexity index is 956. The van der Waals surface area contributed by atoms with Crippen LogP contribution in [0.3, 0.4) is 0 Å². The van der Waals surface area contributed by atoms with Gasteiger partial charge in [-0.05, 0) is 35.4 Å². The average molecular weight is 349 g/mol. The van der Waals surface area contributed by atoms with Gasteiger partial charge in [0.2, 0.25) is 0 Å². The quantitative estimate of drug-likeness (QED) is 0.523. The highest BCUT2D eigenvalue weighted by atomic mass is 35.5. The molecule has 2 nitrogen and oxygen atoms in total. The molecule has 25 heavy (non-hydrogen) atoms. The van der Waals surface area contributed by atoms with E-state index in [2.05, 4.69) is 0 Å². The molecule has 4 rings (SSSR count). The van der Waals surface area contributed by atoms with Crippen LogP contribution in [0.15, 0.2) is 89.3 Å². The third-order valence-electron chi connectivity index (χ3n) is 4.46. The summed E-state index contributed by atoms with van der Waals surface area (Å²) < 4.78 is 6.01. The largest absolute Gasteiger partial charge is 0.458 e. The first kappa shape index (κ1) is 15.9. The Morgan fingerprint density at radius 2 is 1.52 bits per heavy atom. The predicted molar refractivity (Wildman–Crippen MR) is 101 cm³/mol. The Labute approximate surface area is 151 Å². The molecule has 1 N–H and O–H groups in total. The van der Waals surface area contributed by atoms with Gasteiger partial charge in [-0.3, -0.25) is 0 Å². The van der Waals surface area contributed by atoms with E-state index in [9.17, 15) is 5.11 Å². The molecule has 4 aromatic rings. The zero-order valence-corrected chi connectivity index (χ0v) is 14.3. The monoisotopic (exact) mass is 348 g/mol. The molecule has 0 saturated carbocycles. The van der Waals surface area contributed by atoms with E-state index in [1.54, 1.807) is 12.1 Å². The lowest BCUT2D eigenvalue weighted by Gasteiger charge is -2.27. The molecule has 0 bridgehead atoms. The molecule has 0 saturated heterocycles. The number of halogens is 1. The molecule has 3 aromatic carbocycles. The van der Waals surface area contributed by atoms with Gasteiger partial charge in [0.1, 0.15) is 11.3 Å². The second kappa shape index (κ2) is 6.40. The maximum absolute atomic E-state index is 11.7. The lowest BCUT2D eigenvalue weighted by atomic mass is 9.85. The fourth-order valence-corrected chi connectivity index (χ4v) is 3.26. The van der Waals surface area contributed by atoms with Crippen molar-refractivity contribution in [3.63, 3.8) is 0 Å². The summed E-state index contributed by atoms with van der Waals surface area (Å²) >= 11 is 6.03. The standard InChI is InChI=1S/C22H17ClO2/c23-19-12-10-18(11-13-19)22(24,15-16-6-2-1-3-7-16)21-14-17-8-4-5-9-20(17)25-21/h1-14,24H,15H2. The normalized spacial score (nSPS) is 13.7. The van der Waals surface area contributed by atoms with E-state index in [0.717, 1.165) is 22.1 Å². The molecular weight excluding hydrogens is 332 g/mol. The molecular formula is C22H17ClO2. The SMILES string of the molecule is OC(Cc1ccccc1)(c1ccc(Cl)cc1)c1cc2ccccc2o1. The van der Waals surface area contributed by atoms with Crippen molar-refractivity contribution in [2.75, 3.05) is 0 Å². The number of fused-ring (bicyclic) bond motifs is 1. The van der Waals surface area contributed by atoms with E-state index in [0.29, 0.717) is 17.2 Å². The van der Waals surface area contributed by atoms with Crippen LogP contribution in [0.5, 0.6) is 0 Å². The van der Waals surface area contributed by atoms with Gasteiger partial charge in [0, 0.05) is 16.8 Å². The minimum atomic E-state index is -1.27. The Morgan fingerprint density at radius 1 is 0.840 bits per heavy atom. The summed E-state index contributed by atoms with van der Waals surface area (Å²) in [4.78, 5) is 0. The Balaban J connectivity index is 1.86. The van der Waals surface area contributed by atoms with E-state index in [1.807, 2.05) is 72.8 Å².